The Bertz CT molecular complexity index is 975. The minimum atomic E-state index is -0.345. The molecule has 0 aliphatic heterocycles. The molecule has 3 amide bonds. The lowest BCUT2D eigenvalue weighted by molar-refractivity contribution is -0.118. The third-order valence-corrected chi connectivity index (χ3v) is 4.65. The van der Waals surface area contributed by atoms with Gasteiger partial charge in [0, 0.05) is 39.0 Å². The molecule has 10 nitrogen and oxygen atoms in total. The molecule has 30 heavy (non-hydrogen) atoms. The van der Waals surface area contributed by atoms with E-state index < -0.39 is 0 Å². The summed E-state index contributed by atoms with van der Waals surface area (Å²) in [7, 11) is 3.44. The number of nitrogens with two attached hydrogens (primary N) is 2. The van der Waals surface area contributed by atoms with Crippen LogP contribution in [0.15, 0.2) is 24.5 Å². The predicted molar refractivity (Wildman–Crippen MR) is 108 cm³/mol. The summed E-state index contributed by atoms with van der Waals surface area (Å²) in [6.07, 6.45) is 5.54. The molecule has 11 heteroatoms. The first kappa shape index (κ1) is 23.0. The van der Waals surface area contributed by atoms with E-state index in [-0.39, 0.29) is 41.9 Å². The zero-order chi connectivity index (χ0) is 21.1. The Morgan fingerprint density at radius 2 is 1.57 bits per heavy atom. The number of hydrogen-bond donors (Lipinski definition) is 5. The number of aromatic nitrogens is 2. The summed E-state index contributed by atoms with van der Waals surface area (Å²) in [5, 5.41) is 13.7. The van der Waals surface area contributed by atoms with Crippen LogP contribution < -0.4 is 39.5 Å². The number of amidine groups is 1. The number of anilines is 2. The second-order valence-corrected chi connectivity index (χ2v) is 7.25. The summed E-state index contributed by atoms with van der Waals surface area (Å²) in [4.78, 5) is 36.8. The molecule has 0 aromatic carbocycles. The van der Waals surface area contributed by atoms with Gasteiger partial charge in [-0.25, -0.2) is 0 Å². The van der Waals surface area contributed by atoms with Gasteiger partial charge in [-0.05, 0) is 25.0 Å². The summed E-state index contributed by atoms with van der Waals surface area (Å²) in [5.74, 6) is -0.322. The molecule has 1 aliphatic carbocycles. The van der Waals surface area contributed by atoms with Crippen LogP contribution in [0.5, 0.6) is 0 Å². The first-order valence-corrected chi connectivity index (χ1v) is 9.34. The first-order valence-electron chi connectivity index (χ1n) is 9.34. The van der Waals surface area contributed by atoms with Crippen molar-refractivity contribution in [2.75, 3.05) is 17.2 Å². The Kier molecular flexibility index (Phi) is 7.28. The van der Waals surface area contributed by atoms with Crippen molar-refractivity contribution in [1.29, 1.82) is 0 Å². The van der Waals surface area contributed by atoms with Gasteiger partial charge in [0.2, 0.25) is 11.7 Å². The summed E-state index contributed by atoms with van der Waals surface area (Å²) < 4.78 is 3.26. The summed E-state index contributed by atoms with van der Waals surface area (Å²) in [6.45, 7) is 0.326. The number of nitrogens with zero attached hydrogens (tertiary/aromatic N) is 2. The van der Waals surface area contributed by atoms with Crippen molar-refractivity contribution in [3.05, 3.63) is 35.9 Å². The average Bonchev–Trinajstić information content (AvgIpc) is 3.34. The molecule has 2 aromatic heterocycles. The van der Waals surface area contributed by atoms with E-state index in [1.165, 1.54) is 0 Å². The van der Waals surface area contributed by atoms with Crippen molar-refractivity contribution in [3.63, 3.8) is 0 Å². The fourth-order valence-electron chi connectivity index (χ4n) is 2.91. The Hall–Kier alpha value is -3.27. The van der Waals surface area contributed by atoms with Crippen LogP contribution in [0.1, 0.15) is 40.2 Å². The van der Waals surface area contributed by atoms with Crippen molar-refractivity contribution in [3.8, 4) is 0 Å². The van der Waals surface area contributed by atoms with Crippen molar-refractivity contribution < 1.29 is 32.2 Å². The highest BCUT2D eigenvalue weighted by Crippen LogP contribution is 2.30. The molecule has 0 radical (unpaired) electrons. The van der Waals surface area contributed by atoms with Gasteiger partial charge in [-0.3, -0.25) is 25.5 Å². The molecule has 0 saturated heterocycles. The second-order valence-electron chi connectivity index (χ2n) is 7.25. The normalized spacial score (nSPS) is 12.6. The number of carbonyl (C=O) groups is 3. The Morgan fingerprint density at radius 1 is 1.03 bits per heavy atom. The number of rotatable bonds is 8. The number of aryl methyl sites for hydroxylation is 2. The van der Waals surface area contributed by atoms with E-state index in [0.29, 0.717) is 35.7 Å². The van der Waals surface area contributed by atoms with E-state index in [0.717, 1.165) is 12.8 Å². The Labute approximate surface area is 180 Å². The lowest BCUT2D eigenvalue weighted by Gasteiger charge is -2.03. The van der Waals surface area contributed by atoms with Gasteiger partial charge in [0.15, 0.2) is 0 Å². The van der Waals surface area contributed by atoms with Crippen molar-refractivity contribution in [2.45, 2.75) is 19.3 Å². The smallest absolute Gasteiger partial charge is 0.272 e. The van der Waals surface area contributed by atoms with Gasteiger partial charge in [0.1, 0.15) is 11.4 Å². The summed E-state index contributed by atoms with van der Waals surface area (Å²) in [6, 6.07) is 3.21. The lowest BCUT2D eigenvalue weighted by atomic mass is 10.3. The highest BCUT2D eigenvalue weighted by Gasteiger charge is 2.30. The van der Waals surface area contributed by atoms with Crippen molar-refractivity contribution >= 4 is 34.9 Å². The minimum Gasteiger partial charge on any atom is -1.00 e. The molecule has 162 valence electrons. The van der Waals surface area contributed by atoms with Crippen LogP contribution in [0.3, 0.4) is 0 Å². The number of nitrogens with one attached hydrogen (secondary N) is 3. The maximum Gasteiger partial charge on any atom is 0.272 e. The second kappa shape index (κ2) is 9.49. The molecule has 1 saturated carbocycles. The van der Waals surface area contributed by atoms with Gasteiger partial charge in [-0.1, -0.05) is 0 Å². The lowest BCUT2D eigenvalue weighted by Crippen LogP contribution is -3.00. The van der Waals surface area contributed by atoms with Gasteiger partial charge in [0.05, 0.1) is 17.8 Å². The largest absolute Gasteiger partial charge is 1.00 e. The first-order chi connectivity index (χ1) is 13.7. The van der Waals surface area contributed by atoms with Crippen LogP contribution in [-0.4, -0.2) is 39.2 Å². The van der Waals surface area contributed by atoms with Gasteiger partial charge >= 0.3 is 0 Å². The molecule has 0 atom stereocenters. The van der Waals surface area contributed by atoms with E-state index in [1.54, 1.807) is 47.8 Å². The zero-order valence-corrected chi connectivity index (χ0v) is 17.6. The standard InChI is InChI=1S/C19H25N7O3.ClH/c1-25-10-13(7-14(25)18(28)22-6-5-16(20)21)24-19(29)15-8-12(9-26(15)2)23-17(27)11-3-4-11;/h7-11H,3-6H2,1-2H3,(H3,20,21)(H,22,28)(H,23,27)(H,24,29);1H. The van der Waals surface area contributed by atoms with Crippen LogP contribution in [0.25, 0.3) is 0 Å². The SMILES string of the molecule is Cn1cc(NC(=O)c2cc(NC(=O)C3CC3)cn2C)cc1C(=O)NCCC(N)=[NH2+].[Cl-]. The van der Waals surface area contributed by atoms with Gasteiger partial charge in [0.25, 0.3) is 11.8 Å². The monoisotopic (exact) mass is 435 g/mol. The molecule has 7 N–H and O–H groups in total. The topological polar surface area (TPSA) is 149 Å². The van der Waals surface area contributed by atoms with Gasteiger partial charge in [-0.2, -0.15) is 0 Å². The molecular weight excluding hydrogens is 410 g/mol. The molecule has 0 unspecified atom stereocenters. The third kappa shape index (κ3) is 5.63. The molecule has 2 heterocycles. The number of amides is 3. The molecule has 3 rings (SSSR count). The van der Waals surface area contributed by atoms with E-state index in [1.807, 2.05) is 0 Å². The van der Waals surface area contributed by atoms with E-state index >= 15 is 0 Å². The number of hydrogen-bond acceptors (Lipinski definition) is 3. The summed E-state index contributed by atoms with van der Waals surface area (Å²) >= 11 is 0. The molecular formula is C19H26ClN7O3. The Balaban J connectivity index is 0.00000320. The molecule has 1 fully saturated rings. The van der Waals surface area contributed by atoms with Gasteiger partial charge < -0.3 is 37.5 Å². The molecule has 0 spiro atoms. The predicted octanol–water partition coefficient (Wildman–Crippen LogP) is -3.80. The maximum atomic E-state index is 12.6. The number of halogens is 1. The third-order valence-electron chi connectivity index (χ3n) is 4.65. The van der Waals surface area contributed by atoms with Crippen molar-refractivity contribution in [2.24, 2.45) is 25.7 Å². The minimum absolute atomic E-state index is 0. The number of carbonyl (C=O) groups excluding carboxylic acids is 3. The zero-order valence-electron chi connectivity index (χ0n) is 16.9. The highest BCUT2D eigenvalue weighted by molar-refractivity contribution is 6.05. The average molecular weight is 436 g/mol. The molecule has 1 aliphatic rings. The Morgan fingerprint density at radius 3 is 2.10 bits per heavy atom. The quantitative estimate of drug-likeness (QED) is 0.213. The maximum absolute atomic E-state index is 12.6. The fourth-order valence-corrected chi connectivity index (χ4v) is 2.91. The van der Waals surface area contributed by atoms with Crippen LogP contribution >= 0.6 is 0 Å². The van der Waals surface area contributed by atoms with Crippen LogP contribution in [0.4, 0.5) is 11.4 Å². The van der Waals surface area contributed by atoms with Crippen molar-refractivity contribution in [1.82, 2.24) is 14.5 Å². The fraction of sp³-hybridized carbons (Fsp3) is 0.368. The van der Waals surface area contributed by atoms with E-state index in [9.17, 15) is 14.4 Å². The van der Waals surface area contributed by atoms with Crippen LogP contribution in [0, 0.1) is 5.92 Å². The summed E-state index contributed by atoms with van der Waals surface area (Å²) in [5.41, 5.74) is 7.23. The van der Waals surface area contributed by atoms with E-state index in [4.69, 9.17) is 11.1 Å². The van der Waals surface area contributed by atoms with Crippen LogP contribution in [-0.2, 0) is 18.9 Å². The van der Waals surface area contributed by atoms with Gasteiger partial charge in [-0.15, -0.1) is 0 Å². The van der Waals surface area contributed by atoms with Crippen LogP contribution in [0.2, 0.25) is 0 Å². The highest BCUT2D eigenvalue weighted by atomic mass is 35.5. The molecule has 0 bridgehead atoms. The molecule has 2 aromatic rings. The van der Waals surface area contributed by atoms with E-state index in [2.05, 4.69) is 16.0 Å².